The number of fused-ring (bicyclic) bond motifs is 3. The summed E-state index contributed by atoms with van der Waals surface area (Å²) >= 11 is 0. The number of rotatable bonds is 16. The van der Waals surface area contributed by atoms with Crippen molar-refractivity contribution in [2.45, 2.75) is 78.7 Å². The van der Waals surface area contributed by atoms with Gasteiger partial charge in [-0.1, -0.05) is 31.5 Å². The number of imidazole rings is 1. The average Bonchev–Trinajstić information content (AvgIpc) is 3.36. The summed E-state index contributed by atoms with van der Waals surface area (Å²) in [5.41, 5.74) is 8.63. The summed E-state index contributed by atoms with van der Waals surface area (Å²) in [5, 5.41) is 3.67. The van der Waals surface area contributed by atoms with Crippen molar-refractivity contribution in [3.05, 3.63) is 54.6 Å². The number of para-hydroxylation sites is 1. The molecule has 4 rings (SSSR count). The van der Waals surface area contributed by atoms with E-state index < -0.39 is 19.8 Å². The molecule has 3 N–H and O–H groups in total. The van der Waals surface area contributed by atoms with Crippen molar-refractivity contribution in [3.8, 4) is 5.75 Å². The molecular weight excluding hydrogens is 571 g/mol. The van der Waals surface area contributed by atoms with E-state index in [1.807, 2.05) is 31.2 Å². The Bertz CT molecular complexity index is 1560. The Morgan fingerprint density at radius 3 is 2.51 bits per heavy atom. The molecule has 0 spiro atoms. The molecule has 0 unspecified atom stereocenters. The Balaban J connectivity index is 1.65. The van der Waals surface area contributed by atoms with Gasteiger partial charge in [-0.05, 0) is 58.7 Å². The summed E-state index contributed by atoms with van der Waals surface area (Å²) < 4.78 is 39.0. The topological polar surface area (TPSA) is 153 Å². The Hall–Kier alpha value is -3.57. The van der Waals surface area contributed by atoms with Crippen LogP contribution in [0.4, 0.5) is 5.82 Å². The lowest BCUT2D eigenvalue weighted by Gasteiger charge is -2.25. The molecule has 3 atom stereocenters. The van der Waals surface area contributed by atoms with Gasteiger partial charge in [0.1, 0.15) is 29.7 Å². The normalized spacial score (nSPS) is 14.6. The van der Waals surface area contributed by atoms with E-state index in [2.05, 4.69) is 26.5 Å². The molecule has 1 aromatic carbocycles. The fourth-order valence-electron chi connectivity index (χ4n) is 4.85. The number of nitrogens with two attached hydrogens (primary N) is 1. The van der Waals surface area contributed by atoms with Gasteiger partial charge < -0.3 is 24.3 Å². The van der Waals surface area contributed by atoms with E-state index in [4.69, 9.17) is 29.2 Å². The number of ether oxygens (including phenoxy) is 2. The summed E-state index contributed by atoms with van der Waals surface area (Å²) in [6.07, 6.45) is 4.82. The molecule has 3 heterocycles. The molecule has 4 aromatic rings. The highest BCUT2D eigenvalue weighted by atomic mass is 31.2. The fourth-order valence-corrected chi connectivity index (χ4v) is 6.36. The number of hydrogen-bond acceptors (Lipinski definition) is 10. The van der Waals surface area contributed by atoms with Gasteiger partial charge in [-0.3, -0.25) is 14.3 Å². The Morgan fingerprint density at radius 2 is 1.81 bits per heavy atom. The number of nitrogens with zero attached hydrogens (tertiary/aromatic N) is 4. The third-order valence-corrected chi connectivity index (χ3v) is 8.37. The number of benzene rings is 1. The van der Waals surface area contributed by atoms with Gasteiger partial charge in [0, 0.05) is 30.4 Å². The second-order valence-corrected chi connectivity index (χ2v) is 12.1. The average molecular weight is 613 g/mol. The second-order valence-electron chi connectivity index (χ2n) is 10.4. The largest absolute Gasteiger partial charge is 0.462 e. The zero-order valence-corrected chi connectivity index (χ0v) is 26.3. The summed E-state index contributed by atoms with van der Waals surface area (Å²) in [7, 11) is -4.03. The quantitative estimate of drug-likeness (QED) is 0.114. The monoisotopic (exact) mass is 612 g/mol. The van der Waals surface area contributed by atoms with Crippen LogP contribution in [0, 0.1) is 0 Å². The van der Waals surface area contributed by atoms with E-state index in [0.29, 0.717) is 31.0 Å². The van der Waals surface area contributed by atoms with Crippen LogP contribution in [0.1, 0.15) is 65.7 Å². The van der Waals surface area contributed by atoms with Crippen LogP contribution in [-0.4, -0.2) is 50.8 Å². The number of nitrogens with one attached hydrogen (secondary N) is 1. The highest BCUT2D eigenvalue weighted by molar-refractivity contribution is 7.52. The highest BCUT2D eigenvalue weighted by Crippen LogP contribution is 2.45. The number of esters is 1. The molecule has 13 heteroatoms. The SMILES string of the molecule is CCC[C@@H](CCO[P@@](=O)(N[C@@H](C)C(=O)OC(C)C)Oc1ccncc1)n1c(COCC)nc2c(N)nc3ccccc3c21. The third-order valence-electron chi connectivity index (χ3n) is 6.69. The maximum Gasteiger partial charge on any atom is 0.459 e. The number of aromatic nitrogens is 4. The van der Waals surface area contributed by atoms with E-state index in [-0.39, 0.29) is 24.5 Å². The molecule has 12 nitrogen and oxygen atoms in total. The first-order valence-corrected chi connectivity index (χ1v) is 16.1. The van der Waals surface area contributed by atoms with Crippen molar-refractivity contribution in [2.75, 3.05) is 18.9 Å². The third kappa shape index (κ3) is 8.08. The van der Waals surface area contributed by atoms with Gasteiger partial charge in [-0.15, -0.1) is 0 Å². The number of anilines is 1. The number of carbonyl (C=O) groups excluding carboxylic acids is 1. The summed E-state index contributed by atoms with van der Waals surface area (Å²) in [6.45, 7) is 9.95. The van der Waals surface area contributed by atoms with Crippen LogP contribution in [0.3, 0.4) is 0 Å². The predicted molar refractivity (Wildman–Crippen MR) is 166 cm³/mol. The lowest BCUT2D eigenvalue weighted by atomic mass is 10.1. The molecule has 43 heavy (non-hydrogen) atoms. The van der Waals surface area contributed by atoms with E-state index >= 15 is 0 Å². The Labute approximate surface area is 251 Å². The van der Waals surface area contributed by atoms with Gasteiger partial charge in [-0.2, -0.15) is 5.09 Å². The van der Waals surface area contributed by atoms with E-state index in [1.54, 1.807) is 32.9 Å². The number of hydrogen-bond donors (Lipinski definition) is 2. The molecule has 0 radical (unpaired) electrons. The van der Waals surface area contributed by atoms with Crippen LogP contribution in [0.5, 0.6) is 5.75 Å². The zero-order valence-electron chi connectivity index (χ0n) is 25.4. The molecule has 0 aliphatic rings. The molecule has 232 valence electrons. The van der Waals surface area contributed by atoms with Gasteiger partial charge in [-0.25, -0.2) is 14.5 Å². The van der Waals surface area contributed by atoms with Crippen molar-refractivity contribution in [2.24, 2.45) is 0 Å². The number of carbonyl (C=O) groups is 1. The Kier molecular flexibility index (Phi) is 11.1. The molecule has 0 saturated carbocycles. The van der Waals surface area contributed by atoms with Crippen molar-refractivity contribution in [3.63, 3.8) is 0 Å². The molecule has 0 aliphatic carbocycles. The fraction of sp³-hybridized carbons (Fsp3) is 0.467. The van der Waals surface area contributed by atoms with Crippen LogP contribution < -0.4 is 15.3 Å². The molecule has 0 aliphatic heterocycles. The summed E-state index contributed by atoms with van der Waals surface area (Å²) in [4.78, 5) is 25.9. The van der Waals surface area contributed by atoms with Gasteiger partial charge >= 0.3 is 13.7 Å². The van der Waals surface area contributed by atoms with Gasteiger partial charge in [0.2, 0.25) is 0 Å². The number of pyridine rings is 2. The second kappa shape index (κ2) is 14.7. The minimum absolute atomic E-state index is 0.0538. The lowest BCUT2D eigenvalue weighted by molar-refractivity contribution is -0.149. The van der Waals surface area contributed by atoms with Crippen molar-refractivity contribution < 1.29 is 27.9 Å². The summed E-state index contributed by atoms with van der Waals surface area (Å²) in [5.74, 6) is 0.789. The maximum atomic E-state index is 14.0. The predicted octanol–water partition coefficient (Wildman–Crippen LogP) is 5.96. The summed E-state index contributed by atoms with van der Waals surface area (Å²) in [6, 6.07) is 9.89. The van der Waals surface area contributed by atoms with Crippen molar-refractivity contribution in [1.82, 2.24) is 24.6 Å². The maximum absolute atomic E-state index is 14.0. The van der Waals surface area contributed by atoms with E-state index in [9.17, 15) is 9.36 Å². The molecule has 3 aromatic heterocycles. The van der Waals surface area contributed by atoms with Crippen molar-refractivity contribution in [1.29, 1.82) is 0 Å². The van der Waals surface area contributed by atoms with Crippen LogP contribution >= 0.6 is 7.75 Å². The number of nitrogen functional groups attached to an aromatic ring is 1. The first-order valence-electron chi connectivity index (χ1n) is 14.6. The zero-order chi connectivity index (χ0) is 31.0. The van der Waals surface area contributed by atoms with E-state index in [0.717, 1.165) is 35.1 Å². The minimum Gasteiger partial charge on any atom is -0.462 e. The van der Waals surface area contributed by atoms with Crippen LogP contribution in [0.15, 0.2) is 48.8 Å². The van der Waals surface area contributed by atoms with Crippen molar-refractivity contribution >= 4 is 41.5 Å². The molecular formula is C30H41N6O6P. The lowest BCUT2D eigenvalue weighted by Crippen LogP contribution is -2.36. The Morgan fingerprint density at radius 1 is 1.07 bits per heavy atom. The highest BCUT2D eigenvalue weighted by Gasteiger charge is 2.33. The first kappa shape index (κ1) is 32.3. The van der Waals surface area contributed by atoms with E-state index in [1.165, 1.54) is 12.4 Å². The standard InChI is InChI=1S/C30H41N6O6P/c1-6-10-22(36-26(19-39-7-2)34-27-28(36)24-11-8-9-12-25(24)33-29(27)31)15-18-40-43(38,42-23-13-16-32-17-14-23)35-21(5)30(37)41-20(3)4/h8-9,11-14,16-17,20-22H,6-7,10,15,18-19H2,1-5H3,(H2,31,33)(H,35,38)/t21-,22-,43-/m0/s1. The van der Waals surface area contributed by atoms with Crippen LogP contribution in [0.25, 0.3) is 21.9 Å². The van der Waals surface area contributed by atoms with Gasteiger partial charge in [0.25, 0.3) is 0 Å². The van der Waals surface area contributed by atoms with Crippen LogP contribution in [-0.2, 0) is 30.0 Å². The smallest absolute Gasteiger partial charge is 0.459 e. The molecule has 0 saturated heterocycles. The minimum atomic E-state index is -4.03. The van der Waals surface area contributed by atoms with Gasteiger partial charge in [0.05, 0.1) is 23.7 Å². The molecule has 0 amide bonds. The molecule has 0 bridgehead atoms. The molecule has 0 fully saturated rings. The first-order chi connectivity index (χ1) is 20.7. The van der Waals surface area contributed by atoms with Crippen LogP contribution in [0.2, 0.25) is 0 Å². The van der Waals surface area contributed by atoms with Gasteiger partial charge in [0.15, 0.2) is 5.82 Å².